The number of hydrogen-bond donors (Lipinski definition) is 1. The molecule has 0 aliphatic carbocycles. The Morgan fingerprint density at radius 2 is 2.20 bits per heavy atom. The molecule has 0 saturated carbocycles. The van der Waals surface area contributed by atoms with Crippen molar-refractivity contribution in [3.63, 3.8) is 0 Å². The van der Waals surface area contributed by atoms with E-state index in [-0.39, 0.29) is 0 Å². The van der Waals surface area contributed by atoms with Gasteiger partial charge in [0.15, 0.2) is 5.65 Å². The number of pyridine rings is 2. The molecule has 0 aromatic carbocycles. The van der Waals surface area contributed by atoms with Crippen LogP contribution in [-0.4, -0.2) is 16.0 Å². The number of fused-ring (bicyclic) bond motifs is 1. The van der Waals surface area contributed by atoms with Gasteiger partial charge in [-0.25, -0.2) is 9.97 Å². The van der Waals surface area contributed by atoms with Crippen molar-refractivity contribution in [2.75, 3.05) is 5.32 Å². The van der Waals surface area contributed by atoms with Crippen LogP contribution < -0.4 is 5.32 Å². The Bertz CT molecular complexity index is 482. The molecule has 0 aliphatic heterocycles. The van der Waals surface area contributed by atoms with E-state index in [1.165, 1.54) is 0 Å². The van der Waals surface area contributed by atoms with Crippen molar-refractivity contribution >= 4 is 28.5 Å². The Kier molecular flexibility index (Phi) is 2.73. The summed E-state index contributed by atoms with van der Waals surface area (Å²) < 4.78 is 0. The van der Waals surface area contributed by atoms with E-state index in [4.69, 9.17) is 11.6 Å². The van der Waals surface area contributed by atoms with Gasteiger partial charge in [-0.1, -0.05) is 11.6 Å². The van der Waals surface area contributed by atoms with Crippen LogP contribution in [0.15, 0.2) is 24.4 Å². The molecule has 4 heteroatoms. The lowest BCUT2D eigenvalue weighted by molar-refractivity contribution is 0.890. The van der Waals surface area contributed by atoms with Gasteiger partial charge in [-0.2, -0.15) is 0 Å². The maximum Gasteiger partial charge on any atom is 0.162 e. The summed E-state index contributed by atoms with van der Waals surface area (Å²) in [5, 5.41) is 4.76. The molecule has 0 spiro atoms. The number of anilines is 1. The van der Waals surface area contributed by atoms with Gasteiger partial charge in [0.1, 0.15) is 5.82 Å². The normalized spacial score (nSPS) is 10.9. The number of halogens is 1. The van der Waals surface area contributed by atoms with Crippen molar-refractivity contribution in [3.8, 4) is 0 Å². The molecule has 0 radical (unpaired) electrons. The van der Waals surface area contributed by atoms with Crippen molar-refractivity contribution in [1.29, 1.82) is 0 Å². The van der Waals surface area contributed by atoms with Crippen LogP contribution in [0.4, 0.5) is 5.82 Å². The Morgan fingerprint density at radius 1 is 1.40 bits per heavy atom. The molecule has 0 aliphatic rings. The number of aromatic nitrogens is 2. The third-order valence-electron chi connectivity index (χ3n) is 1.97. The second kappa shape index (κ2) is 4.03. The SMILES string of the molecule is CC(C)Nc1cc(Cl)c2cccnc2n1. The standard InChI is InChI=1S/C11H12ClN3/c1-7(2)14-10-6-9(12)8-4-3-5-13-11(8)15-10/h3-7H,1-2H3,(H,13,14,15). The lowest BCUT2D eigenvalue weighted by Gasteiger charge is -2.10. The smallest absolute Gasteiger partial charge is 0.162 e. The number of hydrogen-bond acceptors (Lipinski definition) is 3. The highest BCUT2D eigenvalue weighted by Crippen LogP contribution is 2.23. The minimum atomic E-state index is 0.328. The summed E-state index contributed by atoms with van der Waals surface area (Å²) in [7, 11) is 0. The molecule has 0 unspecified atom stereocenters. The molecule has 0 saturated heterocycles. The van der Waals surface area contributed by atoms with Crippen molar-refractivity contribution in [2.24, 2.45) is 0 Å². The second-order valence-electron chi connectivity index (χ2n) is 3.66. The summed E-state index contributed by atoms with van der Waals surface area (Å²) >= 11 is 6.13. The minimum Gasteiger partial charge on any atom is -0.368 e. The van der Waals surface area contributed by atoms with Gasteiger partial charge in [-0.15, -0.1) is 0 Å². The van der Waals surface area contributed by atoms with E-state index in [9.17, 15) is 0 Å². The van der Waals surface area contributed by atoms with Gasteiger partial charge in [0.05, 0.1) is 5.02 Å². The Labute approximate surface area is 93.5 Å². The molecule has 2 aromatic rings. The van der Waals surface area contributed by atoms with E-state index < -0.39 is 0 Å². The highest BCUT2D eigenvalue weighted by atomic mass is 35.5. The van der Waals surface area contributed by atoms with Gasteiger partial charge < -0.3 is 5.32 Å². The average Bonchev–Trinajstić information content (AvgIpc) is 2.16. The summed E-state index contributed by atoms with van der Waals surface area (Å²) in [5.74, 6) is 0.765. The zero-order valence-corrected chi connectivity index (χ0v) is 9.42. The topological polar surface area (TPSA) is 37.8 Å². The fourth-order valence-electron chi connectivity index (χ4n) is 1.39. The van der Waals surface area contributed by atoms with E-state index in [0.717, 1.165) is 11.2 Å². The first-order valence-electron chi connectivity index (χ1n) is 4.84. The molecule has 0 fully saturated rings. The lowest BCUT2D eigenvalue weighted by atomic mass is 10.3. The third-order valence-corrected chi connectivity index (χ3v) is 2.28. The van der Waals surface area contributed by atoms with Gasteiger partial charge in [-0.05, 0) is 32.0 Å². The van der Waals surface area contributed by atoms with Crippen molar-refractivity contribution in [3.05, 3.63) is 29.4 Å². The Morgan fingerprint density at radius 3 is 2.93 bits per heavy atom. The number of rotatable bonds is 2. The molecule has 0 bridgehead atoms. The second-order valence-corrected chi connectivity index (χ2v) is 4.07. The molecule has 3 nitrogen and oxygen atoms in total. The van der Waals surface area contributed by atoms with Gasteiger partial charge in [0, 0.05) is 17.6 Å². The minimum absolute atomic E-state index is 0.328. The molecular formula is C11H12ClN3. The highest BCUT2D eigenvalue weighted by molar-refractivity contribution is 6.35. The first kappa shape index (κ1) is 10.2. The van der Waals surface area contributed by atoms with Crippen LogP contribution >= 0.6 is 11.6 Å². The van der Waals surface area contributed by atoms with Crippen LogP contribution in [0.1, 0.15) is 13.8 Å². The quantitative estimate of drug-likeness (QED) is 0.847. The number of nitrogens with zero attached hydrogens (tertiary/aromatic N) is 2. The maximum absolute atomic E-state index is 6.13. The Hall–Kier alpha value is -1.35. The number of nitrogens with one attached hydrogen (secondary N) is 1. The molecule has 78 valence electrons. The largest absolute Gasteiger partial charge is 0.368 e. The van der Waals surface area contributed by atoms with E-state index in [1.807, 2.05) is 18.2 Å². The monoisotopic (exact) mass is 221 g/mol. The zero-order valence-electron chi connectivity index (χ0n) is 8.66. The summed E-state index contributed by atoms with van der Waals surface area (Å²) in [6.45, 7) is 4.11. The van der Waals surface area contributed by atoms with Crippen LogP contribution in [0.3, 0.4) is 0 Å². The molecule has 15 heavy (non-hydrogen) atoms. The summed E-state index contributed by atoms with van der Waals surface area (Å²) in [5.41, 5.74) is 0.674. The predicted molar refractivity (Wildman–Crippen MR) is 63.3 cm³/mol. The van der Waals surface area contributed by atoms with Crippen molar-refractivity contribution < 1.29 is 0 Å². The molecule has 0 atom stereocenters. The molecule has 2 rings (SSSR count). The van der Waals surface area contributed by atoms with Gasteiger partial charge >= 0.3 is 0 Å². The van der Waals surface area contributed by atoms with E-state index >= 15 is 0 Å². The van der Waals surface area contributed by atoms with E-state index in [1.54, 1.807) is 6.20 Å². The van der Waals surface area contributed by atoms with Crippen LogP contribution in [0.2, 0.25) is 5.02 Å². The zero-order chi connectivity index (χ0) is 10.8. The lowest BCUT2D eigenvalue weighted by Crippen LogP contribution is -2.11. The molecule has 2 aromatic heterocycles. The van der Waals surface area contributed by atoms with Gasteiger partial charge in [-0.3, -0.25) is 0 Å². The summed E-state index contributed by atoms with van der Waals surface area (Å²) in [6, 6.07) is 5.92. The Balaban J connectivity index is 2.52. The van der Waals surface area contributed by atoms with E-state index in [2.05, 4.69) is 29.1 Å². The van der Waals surface area contributed by atoms with Crippen LogP contribution in [0.25, 0.3) is 11.0 Å². The fraction of sp³-hybridized carbons (Fsp3) is 0.273. The molecular weight excluding hydrogens is 210 g/mol. The maximum atomic E-state index is 6.13. The van der Waals surface area contributed by atoms with Crippen LogP contribution in [0.5, 0.6) is 0 Å². The van der Waals surface area contributed by atoms with Crippen LogP contribution in [0, 0.1) is 0 Å². The van der Waals surface area contributed by atoms with Crippen molar-refractivity contribution in [2.45, 2.75) is 19.9 Å². The first-order chi connectivity index (χ1) is 7.16. The molecule has 0 amide bonds. The van der Waals surface area contributed by atoms with Gasteiger partial charge in [0.25, 0.3) is 0 Å². The van der Waals surface area contributed by atoms with Crippen LogP contribution in [-0.2, 0) is 0 Å². The summed E-state index contributed by atoms with van der Waals surface area (Å²) in [6.07, 6.45) is 1.71. The first-order valence-corrected chi connectivity index (χ1v) is 5.22. The molecule has 1 N–H and O–H groups in total. The summed E-state index contributed by atoms with van der Waals surface area (Å²) in [4.78, 5) is 8.54. The fourth-order valence-corrected chi connectivity index (χ4v) is 1.64. The highest BCUT2D eigenvalue weighted by Gasteiger charge is 2.04. The van der Waals surface area contributed by atoms with Crippen molar-refractivity contribution in [1.82, 2.24) is 9.97 Å². The average molecular weight is 222 g/mol. The predicted octanol–water partition coefficient (Wildman–Crippen LogP) is 3.10. The van der Waals surface area contributed by atoms with Gasteiger partial charge in [0.2, 0.25) is 0 Å². The third kappa shape index (κ3) is 2.18. The van der Waals surface area contributed by atoms with E-state index in [0.29, 0.717) is 16.7 Å². The molecule has 2 heterocycles.